The van der Waals surface area contributed by atoms with Gasteiger partial charge < -0.3 is 19.9 Å². The number of amides is 1. The fourth-order valence-corrected chi connectivity index (χ4v) is 6.49. The van der Waals surface area contributed by atoms with Crippen LogP contribution in [0.15, 0.2) is 19.0 Å². The molecular weight excluding hydrogens is 450 g/mol. The summed E-state index contributed by atoms with van der Waals surface area (Å²) >= 11 is 1.72. The van der Waals surface area contributed by atoms with Crippen molar-refractivity contribution in [3.63, 3.8) is 0 Å². The molecule has 186 valence electrons. The lowest BCUT2D eigenvalue weighted by molar-refractivity contribution is 0.0355. The predicted octanol–water partition coefficient (Wildman–Crippen LogP) is 5.65. The topological polar surface area (TPSA) is 93.6 Å². The quantitative estimate of drug-likeness (QED) is 0.490. The number of nitrogens with zero attached hydrogens (tertiary/aromatic N) is 2. The summed E-state index contributed by atoms with van der Waals surface area (Å²) in [6, 6.07) is 0. The van der Waals surface area contributed by atoms with Crippen molar-refractivity contribution in [3.8, 4) is 5.88 Å². The maximum absolute atomic E-state index is 12.4. The fraction of sp³-hybridized carbons (Fsp3) is 0.654. The Bertz CT molecular complexity index is 1040. The third-order valence-corrected chi connectivity index (χ3v) is 8.28. The smallest absolute Gasteiger partial charge is 0.408 e. The molecule has 0 saturated heterocycles. The second-order valence-electron chi connectivity index (χ2n) is 10.7. The maximum atomic E-state index is 12.4. The van der Waals surface area contributed by atoms with E-state index in [1.54, 1.807) is 23.7 Å². The number of alkyl carbamates (subject to hydrolysis) is 1. The van der Waals surface area contributed by atoms with Crippen LogP contribution in [0.4, 0.5) is 4.79 Å². The first-order valence-corrected chi connectivity index (χ1v) is 13.2. The van der Waals surface area contributed by atoms with Crippen molar-refractivity contribution in [2.75, 3.05) is 0 Å². The first-order chi connectivity index (χ1) is 16.1. The van der Waals surface area contributed by atoms with Gasteiger partial charge in [0.25, 0.3) is 0 Å². The van der Waals surface area contributed by atoms with Crippen LogP contribution in [0.5, 0.6) is 5.88 Å². The fourth-order valence-electron chi connectivity index (χ4n) is 5.26. The van der Waals surface area contributed by atoms with Crippen LogP contribution >= 0.6 is 11.3 Å². The number of carbonyl (C=O) groups excluding carboxylic acids is 1. The lowest BCUT2D eigenvalue weighted by Crippen LogP contribution is -2.52. The molecule has 2 aliphatic carbocycles. The lowest BCUT2D eigenvalue weighted by Gasteiger charge is -2.40. The van der Waals surface area contributed by atoms with Gasteiger partial charge >= 0.3 is 6.09 Å². The third-order valence-electron chi connectivity index (χ3n) is 7.10. The van der Waals surface area contributed by atoms with Crippen LogP contribution in [0.2, 0.25) is 0 Å². The molecule has 1 amide bonds. The van der Waals surface area contributed by atoms with Gasteiger partial charge in [-0.2, -0.15) is 0 Å². The molecular formula is C26H37N3O4S. The van der Waals surface area contributed by atoms with Gasteiger partial charge in [0.1, 0.15) is 22.9 Å². The summed E-state index contributed by atoms with van der Waals surface area (Å²) in [6.45, 7) is 11.5. The number of rotatable bonds is 7. The average molecular weight is 488 g/mol. The molecule has 0 aliphatic heterocycles. The number of aliphatic hydroxyl groups is 1. The van der Waals surface area contributed by atoms with Crippen molar-refractivity contribution in [2.45, 2.75) is 108 Å². The molecule has 2 aliphatic rings. The van der Waals surface area contributed by atoms with E-state index in [-0.39, 0.29) is 23.7 Å². The third kappa shape index (κ3) is 5.38. The minimum atomic E-state index is -0.516. The lowest BCUT2D eigenvalue weighted by atomic mass is 9.78. The summed E-state index contributed by atoms with van der Waals surface area (Å²) in [5.41, 5.74) is 0.471. The highest BCUT2D eigenvalue weighted by Gasteiger charge is 2.38. The average Bonchev–Trinajstić information content (AvgIpc) is 3.34. The highest BCUT2D eigenvalue weighted by molar-refractivity contribution is 7.19. The maximum Gasteiger partial charge on any atom is 0.408 e. The van der Waals surface area contributed by atoms with E-state index >= 15 is 0 Å². The Hall–Kier alpha value is -2.19. The predicted molar refractivity (Wildman–Crippen MR) is 135 cm³/mol. The molecule has 34 heavy (non-hydrogen) atoms. The molecule has 0 bridgehead atoms. The van der Waals surface area contributed by atoms with Crippen LogP contribution in [-0.4, -0.2) is 44.5 Å². The van der Waals surface area contributed by atoms with E-state index in [4.69, 9.17) is 9.47 Å². The van der Waals surface area contributed by atoms with Crippen LogP contribution in [-0.2, 0) is 11.2 Å². The number of aliphatic hydroxyl groups excluding tert-OH is 1. The summed E-state index contributed by atoms with van der Waals surface area (Å²) in [4.78, 5) is 23.7. The van der Waals surface area contributed by atoms with Gasteiger partial charge in [-0.1, -0.05) is 13.0 Å². The van der Waals surface area contributed by atoms with Crippen molar-refractivity contribution >= 4 is 27.6 Å². The number of aromatic nitrogens is 2. The van der Waals surface area contributed by atoms with E-state index in [2.05, 4.69) is 28.8 Å². The molecule has 4 rings (SSSR count). The zero-order valence-corrected chi connectivity index (χ0v) is 21.5. The Morgan fingerprint density at radius 2 is 2.09 bits per heavy atom. The Labute approximate surface area is 206 Å². The van der Waals surface area contributed by atoms with Crippen molar-refractivity contribution in [1.82, 2.24) is 15.3 Å². The molecule has 2 aromatic rings. The second kappa shape index (κ2) is 9.82. The Balaban J connectivity index is 1.47. The molecule has 2 N–H and O–H groups in total. The molecule has 0 unspecified atom stereocenters. The van der Waals surface area contributed by atoms with Crippen molar-refractivity contribution < 1.29 is 19.4 Å². The van der Waals surface area contributed by atoms with Crippen molar-refractivity contribution in [2.24, 2.45) is 0 Å². The summed E-state index contributed by atoms with van der Waals surface area (Å²) in [5.74, 6) is 0.916. The number of hydrogen-bond donors (Lipinski definition) is 2. The highest BCUT2D eigenvalue weighted by Crippen LogP contribution is 2.48. The number of thiophene rings is 1. The van der Waals surface area contributed by atoms with E-state index in [9.17, 15) is 9.90 Å². The van der Waals surface area contributed by atoms with Crippen LogP contribution in [0.3, 0.4) is 0 Å². The van der Waals surface area contributed by atoms with Crippen LogP contribution in [0.25, 0.3) is 10.2 Å². The van der Waals surface area contributed by atoms with Gasteiger partial charge in [0.2, 0.25) is 5.88 Å². The Kier molecular flexibility index (Phi) is 7.20. The van der Waals surface area contributed by atoms with E-state index < -0.39 is 11.7 Å². The summed E-state index contributed by atoms with van der Waals surface area (Å²) in [5, 5.41) is 14.3. The van der Waals surface area contributed by atoms with Crippen LogP contribution in [0, 0.1) is 0 Å². The molecule has 1 saturated carbocycles. The highest BCUT2D eigenvalue weighted by atomic mass is 32.1. The number of nitrogens with one attached hydrogen (secondary N) is 1. The summed E-state index contributed by atoms with van der Waals surface area (Å²) < 4.78 is 12.0. The molecule has 2 heterocycles. The van der Waals surface area contributed by atoms with Gasteiger partial charge in [-0.3, -0.25) is 0 Å². The number of ether oxygens (including phenoxy) is 2. The number of aryl methyl sites for hydroxylation is 1. The molecule has 0 spiro atoms. The number of carbonyl (C=O) groups is 1. The van der Waals surface area contributed by atoms with Gasteiger partial charge in [0.15, 0.2) is 0 Å². The van der Waals surface area contributed by atoms with Gasteiger partial charge in [-0.15, -0.1) is 17.9 Å². The van der Waals surface area contributed by atoms with Gasteiger partial charge in [0.05, 0.1) is 11.5 Å². The first-order valence-electron chi connectivity index (χ1n) is 12.4. The molecule has 0 aromatic carbocycles. The van der Waals surface area contributed by atoms with E-state index in [0.717, 1.165) is 55.2 Å². The molecule has 2 aromatic heterocycles. The Morgan fingerprint density at radius 1 is 1.35 bits per heavy atom. The molecule has 2 atom stereocenters. The molecule has 7 nitrogen and oxygen atoms in total. The standard InChI is InChI=1S/C26H37N3O4S/c1-6-17(30)14-16-8-9-19-20(16)21-22(27-15-28-23(21)34-19)32-18-10-12-26(7-2,13-11-18)29-24(31)33-25(3,4)5/h6,15-18,30H,1,7-14H2,2-5H3,(H,29,31)/t16-,17-,18?,26?/m1/s1. The van der Waals surface area contributed by atoms with Gasteiger partial charge in [-0.05, 0) is 83.6 Å². The van der Waals surface area contributed by atoms with Crippen molar-refractivity contribution in [1.29, 1.82) is 0 Å². The number of hydrogen-bond acceptors (Lipinski definition) is 7. The van der Waals surface area contributed by atoms with E-state index in [1.807, 2.05) is 20.8 Å². The zero-order valence-electron chi connectivity index (χ0n) is 20.7. The molecule has 8 heteroatoms. The van der Waals surface area contributed by atoms with Crippen LogP contribution in [0.1, 0.15) is 89.0 Å². The number of fused-ring (bicyclic) bond motifs is 3. The van der Waals surface area contributed by atoms with Crippen LogP contribution < -0.4 is 10.1 Å². The summed E-state index contributed by atoms with van der Waals surface area (Å²) in [7, 11) is 0. The van der Waals surface area contributed by atoms with E-state index in [1.165, 1.54) is 10.4 Å². The monoisotopic (exact) mass is 487 g/mol. The molecule has 0 radical (unpaired) electrons. The largest absolute Gasteiger partial charge is 0.474 e. The minimum absolute atomic E-state index is 0.0346. The zero-order chi connectivity index (χ0) is 24.5. The Morgan fingerprint density at radius 3 is 2.74 bits per heavy atom. The SMILES string of the molecule is C=C[C@@H](O)C[C@H]1CCc2sc3ncnc(OC4CCC(CC)(NC(=O)OC(C)(C)C)CC4)c3c21. The minimum Gasteiger partial charge on any atom is -0.474 e. The van der Waals surface area contributed by atoms with Gasteiger partial charge in [-0.25, -0.2) is 14.8 Å². The molecule has 1 fully saturated rings. The summed E-state index contributed by atoms with van der Waals surface area (Å²) in [6.07, 6.45) is 9.22. The second-order valence-corrected chi connectivity index (χ2v) is 11.7. The normalized spacial score (nSPS) is 25.6. The first kappa shape index (κ1) is 24.9. The van der Waals surface area contributed by atoms with Gasteiger partial charge in [0, 0.05) is 10.4 Å². The van der Waals surface area contributed by atoms with E-state index in [0.29, 0.717) is 12.3 Å². The van der Waals surface area contributed by atoms with Crippen molar-refractivity contribution in [3.05, 3.63) is 29.4 Å².